The van der Waals surface area contributed by atoms with E-state index in [-0.39, 0.29) is 5.41 Å². The fraction of sp³-hybridized carbons (Fsp3) is 0.667. The quantitative estimate of drug-likeness (QED) is 0.455. The second-order valence-corrected chi connectivity index (χ2v) is 3.09. The lowest BCUT2D eigenvalue weighted by molar-refractivity contribution is -0.121. The van der Waals surface area contributed by atoms with Gasteiger partial charge in [0.15, 0.2) is 0 Å². The van der Waals surface area contributed by atoms with Gasteiger partial charge in [0.1, 0.15) is 6.29 Å². The average molecular weight is 154 g/mol. The van der Waals surface area contributed by atoms with Gasteiger partial charge in [-0.15, -0.1) is 6.58 Å². The topological polar surface area (TPSA) is 26.3 Å². The van der Waals surface area contributed by atoms with Crippen molar-refractivity contribution in [2.24, 2.45) is 5.41 Å². The fourth-order valence-electron chi connectivity index (χ4n) is 1.44. The number of ether oxygens (including phenoxy) is 1. The SMILES string of the molecule is C=CCC1(C=O)CCOCC1. The normalized spacial score (nSPS) is 22.5. The molecule has 1 aliphatic rings. The van der Waals surface area contributed by atoms with Crippen molar-refractivity contribution in [3.63, 3.8) is 0 Å². The van der Waals surface area contributed by atoms with Crippen molar-refractivity contribution in [2.75, 3.05) is 13.2 Å². The Labute approximate surface area is 67.2 Å². The van der Waals surface area contributed by atoms with Crippen LogP contribution in [0.15, 0.2) is 12.7 Å². The number of carbonyl (C=O) groups excluding carboxylic acids is 1. The van der Waals surface area contributed by atoms with Crippen LogP contribution < -0.4 is 0 Å². The summed E-state index contributed by atoms with van der Waals surface area (Å²) in [5.74, 6) is 0. The van der Waals surface area contributed by atoms with Crippen LogP contribution in [0, 0.1) is 5.41 Å². The van der Waals surface area contributed by atoms with E-state index in [0.29, 0.717) is 13.2 Å². The molecule has 0 saturated carbocycles. The molecule has 0 radical (unpaired) electrons. The molecule has 1 rings (SSSR count). The van der Waals surface area contributed by atoms with Crippen LogP contribution in [0.3, 0.4) is 0 Å². The van der Waals surface area contributed by atoms with Crippen molar-refractivity contribution < 1.29 is 9.53 Å². The third-order valence-corrected chi connectivity index (χ3v) is 2.29. The third kappa shape index (κ3) is 1.90. The summed E-state index contributed by atoms with van der Waals surface area (Å²) in [7, 11) is 0. The van der Waals surface area contributed by atoms with Crippen molar-refractivity contribution in [3.8, 4) is 0 Å². The zero-order valence-corrected chi connectivity index (χ0v) is 6.71. The first-order chi connectivity index (χ1) is 5.33. The maximum Gasteiger partial charge on any atom is 0.126 e. The summed E-state index contributed by atoms with van der Waals surface area (Å²) < 4.78 is 5.18. The number of hydrogen-bond donors (Lipinski definition) is 0. The Morgan fingerprint density at radius 3 is 2.55 bits per heavy atom. The number of aldehydes is 1. The highest BCUT2D eigenvalue weighted by Crippen LogP contribution is 2.31. The van der Waals surface area contributed by atoms with E-state index < -0.39 is 0 Å². The molecule has 0 aromatic heterocycles. The van der Waals surface area contributed by atoms with Crippen LogP contribution in [0.4, 0.5) is 0 Å². The van der Waals surface area contributed by atoms with Crippen molar-refractivity contribution in [2.45, 2.75) is 19.3 Å². The summed E-state index contributed by atoms with van der Waals surface area (Å²) >= 11 is 0. The van der Waals surface area contributed by atoms with E-state index in [2.05, 4.69) is 6.58 Å². The summed E-state index contributed by atoms with van der Waals surface area (Å²) in [5, 5.41) is 0. The lowest BCUT2D eigenvalue weighted by Crippen LogP contribution is -2.30. The highest BCUT2D eigenvalue weighted by atomic mass is 16.5. The van der Waals surface area contributed by atoms with E-state index in [1.165, 1.54) is 0 Å². The monoisotopic (exact) mass is 154 g/mol. The predicted octanol–water partition coefficient (Wildman–Crippen LogP) is 1.56. The maximum atomic E-state index is 10.8. The van der Waals surface area contributed by atoms with Crippen LogP contribution in [0.25, 0.3) is 0 Å². The molecule has 0 spiro atoms. The molecule has 1 aliphatic heterocycles. The molecule has 2 nitrogen and oxygen atoms in total. The molecule has 0 N–H and O–H groups in total. The molecule has 0 unspecified atom stereocenters. The van der Waals surface area contributed by atoms with Gasteiger partial charge in [0.2, 0.25) is 0 Å². The van der Waals surface area contributed by atoms with Crippen LogP contribution in [0.1, 0.15) is 19.3 Å². The van der Waals surface area contributed by atoms with E-state index in [1.807, 2.05) is 6.08 Å². The fourth-order valence-corrected chi connectivity index (χ4v) is 1.44. The minimum Gasteiger partial charge on any atom is -0.381 e. The lowest BCUT2D eigenvalue weighted by atomic mass is 9.79. The largest absolute Gasteiger partial charge is 0.381 e. The van der Waals surface area contributed by atoms with Gasteiger partial charge in [-0.2, -0.15) is 0 Å². The van der Waals surface area contributed by atoms with E-state index in [9.17, 15) is 4.79 Å². The molecule has 0 atom stereocenters. The molecule has 0 amide bonds. The van der Waals surface area contributed by atoms with Crippen molar-refractivity contribution in [3.05, 3.63) is 12.7 Å². The highest BCUT2D eigenvalue weighted by molar-refractivity contribution is 5.59. The Morgan fingerprint density at radius 2 is 2.09 bits per heavy atom. The minimum atomic E-state index is -0.153. The van der Waals surface area contributed by atoms with Crippen LogP contribution in [0.2, 0.25) is 0 Å². The number of rotatable bonds is 3. The zero-order chi connectivity index (χ0) is 8.16. The Kier molecular flexibility index (Phi) is 2.83. The molecular weight excluding hydrogens is 140 g/mol. The first-order valence-electron chi connectivity index (χ1n) is 3.98. The van der Waals surface area contributed by atoms with Gasteiger partial charge in [-0.1, -0.05) is 6.08 Å². The Bertz CT molecular complexity index is 146. The second kappa shape index (κ2) is 3.67. The maximum absolute atomic E-state index is 10.8. The van der Waals surface area contributed by atoms with Gasteiger partial charge in [-0.05, 0) is 19.3 Å². The molecule has 1 saturated heterocycles. The van der Waals surface area contributed by atoms with Crippen molar-refractivity contribution in [1.29, 1.82) is 0 Å². The van der Waals surface area contributed by atoms with Crippen LogP contribution in [-0.2, 0) is 9.53 Å². The molecule has 62 valence electrons. The molecule has 0 aromatic carbocycles. The lowest BCUT2D eigenvalue weighted by Gasteiger charge is -2.30. The summed E-state index contributed by atoms with van der Waals surface area (Å²) in [6.45, 7) is 5.08. The minimum absolute atomic E-state index is 0.153. The zero-order valence-electron chi connectivity index (χ0n) is 6.71. The Balaban J connectivity index is 2.56. The average Bonchev–Trinajstić information content (AvgIpc) is 2.07. The van der Waals surface area contributed by atoms with Crippen molar-refractivity contribution >= 4 is 6.29 Å². The predicted molar refractivity (Wildman–Crippen MR) is 43.4 cm³/mol. The summed E-state index contributed by atoms with van der Waals surface area (Å²) in [4.78, 5) is 10.8. The number of hydrogen-bond acceptors (Lipinski definition) is 2. The number of carbonyl (C=O) groups is 1. The molecular formula is C9H14O2. The Hall–Kier alpha value is -0.630. The smallest absolute Gasteiger partial charge is 0.126 e. The molecule has 2 heteroatoms. The van der Waals surface area contributed by atoms with E-state index >= 15 is 0 Å². The molecule has 0 aromatic rings. The highest BCUT2D eigenvalue weighted by Gasteiger charge is 2.30. The van der Waals surface area contributed by atoms with Gasteiger partial charge in [0.05, 0.1) is 0 Å². The summed E-state index contributed by atoms with van der Waals surface area (Å²) in [6.07, 6.45) is 5.38. The molecule has 11 heavy (non-hydrogen) atoms. The first kappa shape index (κ1) is 8.47. The summed E-state index contributed by atoms with van der Waals surface area (Å²) in [6, 6.07) is 0. The van der Waals surface area contributed by atoms with Crippen LogP contribution >= 0.6 is 0 Å². The second-order valence-electron chi connectivity index (χ2n) is 3.09. The third-order valence-electron chi connectivity index (χ3n) is 2.29. The van der Waals surface area contributed by atoms with Gasteiger partial charge in [0, 0.05) is 18.6 Å². The van der Waals surface area contributed by atoms with Crippen LogP contribution in [0.5, 0.6) is 0 Å². The molecule has 1 fully saturated rings. The standard InChI is InChI=1S/C9H14O2/c1-2-3-9(8-10)4-6-11-7-5-9/h2,8H,1,3-7H2. The van der Waals surface area contributed by atoms with Gasteiger partial charge in [-0.25, -0.2) is 0 Å². The Morgan fingerprint density at radius 1 is 1.45 bits per heavy atom. The summed E-state index contributed by atoms with van der Waals surface area (Å²) in [5.41, 5.74) is -0.153. The first-order valence-corrected chi connectivity index (χ1v) is 3.98. The van der Waals surface area contributed by atoms with Gasteiger partial charge >= 0.3 is 0 Å². The van der Waals surface area contributed by atoms with Gasteiger partial charge in [0.25, 0.3) is 0 Å². The van der Waals surface area contributed by atoms with Crippen LogP contribution in [-0.4, -0.2) is 19.5 Å². The van der Waals surface area contributed by atoms with Gasteiger partial charge < -0.3 is 9.53 Å². The van der Waals surface area contributed by atoms with E-state index in [0.717, 1.165) is 25.5 Å². The van der Waals surface area contributed by atoms with E-state index in [4.69, 9.17) is 4.74 Å². The molecule has 1 heterocycles. The number of allylic oxidation sites excluding steroid dienone is 1. The van der Waals surface area contributed by atoms with Crippen molar-refractivity contribution in [1.82, 2.24) is 0 Å². The molecule has 0 aliphatic carbocycles. The van der Waals surface area contributed by atoms with Gasteiger partial charge in [-0.3, -0.25) is 0 Å². The van der Waals surface area contributed by atoms with E-state index in [1.54, 1.807) is 0 Å². The molecule has 0 bridgehead atoms.